The minimum atomic E-state index is 0.178. The van der Waals surface area contributed by atoms with Crippen molar-refractivity contribution in [3.8, 4) is 0 Å². The first-order chi connectivity index (χ1) is 8.33. The quantitative estimate of drug-likeness (QED) is 0.727. The summed E-state index contributed by atoms with van der Waals surface area (Å²) in [5, 5.41) is 0. The van der Waals surface area contributed by atoms with Crippen LogP contribution in [0.25, 0.3) is 0 Å². The fourth-order valence-corrected chi connectivity index (χ4v) is 2.39. The van der Waals surface area contributed by atoms with E-state index in [-0.39, 0.29) is 5.78 Å². The Morgan fingerprint density at radius 2 is 2.12 bits per heavy atom. The van der Waals surface area contributed by atoms with Crippen molar-refractivity contribution in [2.75, 3.05) is 0 Å². The lowest BCUT2D eigenvalue weighted by Crippen LogP contribution is -2.06. The fraction of sp³-hybridized carbons (Fsp3) is 0.533. The van der Waals surface area contributed by atoms with Gasteiger partial charge in [-0.2, -0.15) is 0 Å². The van der Waals surface area contributed by atoms with Gasteiger partial charge in [-0.3, -0.25) is 4.79 Å². The van der Waals surface area contributed by atoms with Crippen molar-refractivity contribution in [1.82, 2.24) is 0 Å². The van der Waals surface area contributed by atoms with Crippen molar-refractivity contribution in [3.63, 3.8) is 0 Å². The SMILES string of the molecule is CCc1occc1C(=O)/C1=C/CCCCCC1. The second-order valence-electron chi connectivity index (χ2n) is 4.62. The summed E-state index contributed by atoms with van der Waals surface area (Å²) in [6.07, 6.45) is 11.4. The number of hydrogen-bond acceptors (Lipinski definition) is 2. The summed E-state index contributed by atoms with van der Waals surface area (Å²) in [5.41, 5.74) is 1.75. The van der Waals surface area contributed by atoms with E-state index in [0.717, 1.165) is 42.6 Å². The minimum absolute atomic E-state index is 0.178. The highest BCUT2D eigenvalue weighted by Gasteiger charge is 2.17. The third-order valence-electron chi connectivity index (χ3n) is 3.39. The van der Waals surface area contributed by atoms with Gasteiger partial charge in [0.15, 0.2) is 5.78 Å². The fourth-order valence-electron chi connectivity index (χ4n) is 2.39. The highest BCUT2D eigenvalue weighted by atomic mass is 16.3. The van der Waals surface area contributed by atoms with Crippen molar-refractivity contribution < 1.29 is 9.21 Å². The molecule has 0 saturated carbocycles. The molecule has 1 heterocycles. The Hall–Kier alpha value is -1.31. The summed E-state index contributed by atoms with van der Waals surface area (Å²) in [4.78, 5) is 12.4. The van der Waals surface area contributed by atoms with Crippen LogP contribution >= 0.6 is 0 Å². The van der Waals surface area contributed by atoms with Crippen LogP contribution in [0.1, 0.15) is 61.6 Å². The predicted molar refractivity (Wildman–Crippen MR) is 68.2 cm³/mol. The van der Waals surface area contributed by atoms with Crippen LogP contribution in [0, 0.1) is 0 Å². The van der Waals surface area contributed by atoms with E-state index in [1.165, 1.54) is 19.3 Å². The number of carbonyl (C=O) groups excluding carboxylic acids is 1. The van der Waals surface area contributed by atoms with Gasteiger partial charge in [-0.25, -0.2) is 0 Å². The maximum absolute atomic E-state index is 12.4. The van der Waals surface area contributed by atoms with Crippen LogP contribution in [0.2, 0.25) is 0 Å². The first-order valence-corrected chi connectivity index (χ1v) is 6.63. The zero-order valence-electron chi connectivity index (χ0n) is 10.5. The number of Topliss-reactive ketones (excluding diaryl/α,β-unsaturated/α-hetero) is 1. The third kappa shape index (κ3) is 2.87. The van der Waals surface area contributed by atoms with Gasteiger partial charge < -0.3 is 4.42 Å². The van der Waals surface area contributed by atoms with Crippen LogP contribution in [0.15, 0.2) is 28.4 Å². The Bertz CT molecular complexity index is 412. The molecule has 0 aromatic carbocycles. The Balaban J connectivity index is 2.18. The first kappa shape index (κ1) is 12.2. The van der Waals surface area contributed by atoms with E-state index < -0.39 is 0 Å². The molecule has 2 nitrogen and oxygen atoms in total. The van der Waals surface area contributed by atoms with E-state index >= 15 is 0 Å². The molecular weight excluding hydrogens is 212 g/mol. The zero-order valence-corrected chi connectivity index (χ0v) is 10.5. The minimum Gasteiger partial charge on any atom is -0.469 e. The molecule has 17 heavy (non-hydrogen) atoms. The lowest BCUT2D eigenvalue weighted by Gasteiger charge is -2.10. The maximum atomic E-state index is 12.4. The summed E-state index contributed by atoms with van der Waals surface area (Å²) in [5.74, 6) is 0.996. The monoisotopic (exact) mass is 232 g/mol. The van der Waals surface area contributed by atoms with Crippen LogP contribution in [-0.2, 0) is 6.42 Å². The molecular formula is C15H20O2. The molecule has 1 aliphatic carbocycles. The second-order valence-corrected chi connectivity index (χ2v) is 4.62. The number of hydrogen-bond donors (Lipinski definition) is 0. The van der Waals surface area contributed by atoms with Crippen LogP contribution in [-0.4, -0.2) is 5.78 Å². The standard InChI is InChI=1S/C15H20O2/c1-2-14-13(10-11-17-14)15(16)12-8-6-4-3-5-7-9-12/h8,10-11H,2-7,9H2,1H3/b12-8+. The Labute approximate surface area is 103 Å². The number of allylic oxidation sites excluding steroid dienone is 2. The molecule has 1 aliphatic rings. The van der Waals surface area contributed by atoms with Crippen LogP contribution in [0.5, 0.6) is 0 Å². The molecule has 0 atom stereocenters. The first-order valence-electron chi connectivity index (χ1n) is 6.63. The molecule has 0 saturated heterocycles. The number of furan rings is 1. The smallest absolute Gasteiger partial charge is 0.192 e. The molecule has 1 aromatic heterocycles. The Morgan fingerprint density at radius 1 is 1.29 bits per heavy atom. The normalized spacial score (nSPS) is 20.2. The van der Waals surface area contributed by atoms with Gasteiger partial charge in [0.05, 0.1) is 11.8 Å². The molecule has 0 amide bonds. The van der Waals surface area contributed by atoms with E-state index in [4.69, 9.17) is 4.42 Å². The van der Waals surface area contributed by atoms with Gasteiger partial charge in [0.25, 0.3) is 0 Å². The number of aryl methyl sites for hydroxylation is 1. The van der Waals surface area contributed by atoms with Gasteiger partial charge in [-0.05, 0) is 37.3 Å². The summed E-state index contributed by atoms with van der Waals surface area (Å²) < 4.78 is 5.33. The van der Waals surface area contributed by atoms with Gasteiger partial charge in [0, 0.05) is 6.42 Å². The molecule has 0 radical (unpaired) electrons. The van der Waals surface area contributed by atoms with Gasteiger partial charge >= 0.3 is 0 Å². The molecule has 2 heteroatoms. The summed E-state index contributed by atoms with van der Waals surface area (Å²) in [6, 6.07) is 1.81. The lowest BCUT2D eigenvalue weighted by atomic mass is 9.94. The number of rotatable bonds is 3. The van der Waals surface area contributed by atoms with Crippen molar-refractivity contribution in [2.45, 2.75) is 51.9 Å². The van der Waals surface area contributed by atoms with Crippen molar-refractivity contribution in [2.24, 2.45) is 0 Å². The molecule has 0 bridgehead atoms. The van der Waals surface area contributed by atoms with E-state index in [0.29, 0.717) is 0 Å². The van der Waals surface area contributed by atoms with Crippen LogP contribution in [0.4, 0.5) is 0 Å². The van der Waals surface area contributed by atoms with Crippen molar-refractivity contribution in [1.29, 1.82) is 0 Å². The van der Waals surface area contributed by atoms with Crippen molar-refractivity contribution >= 4 is 5.78 Å². The van der Waals surface area contributed by atoms with Crippen molar-refractivity contribution in [3.05, 3.63) is 35.3 Å². The lowest BCUT2D eigenvalue weighted by molar-refractivity contribution is 0.102. The molecule has 92 valence electrons. The topological polar surface area (TPSA) is 30.2 Å². The van der Waals surface area contributed by atoms with E-state index in [2.05, 4.69) is 6.08 Å². The Morgan fingerprint density at radius 3 is 2.94 bits per heavy atom. The van der Waals surface area contributed by atoms with Gasteiger partial charge in [0.2, 0.25) is 0 Å². The highest BCUT2D eigenvalue weighted by Crippen LogP contribution is 2.23. The molecule has 0 fully saturated rings. The van der Waals surface area contributed by atoms with Crippen LogP contribution < -0.4 is 0 Å². The van der Waals surface area contributed by atoms with E-state index in [1.54, 1.807) is 12.3 Å². The molecule has 0 N–H and O–H groups in total. The van der Waals surface area contributed by atoms with E-state index in [1.807, 2.05) is 6.92 Å². The molecule has 0 unspecified atom stereocenters. The van der Waals surface area contributed by atoms with E-state index in [9.17, 15) is 4.79 Å². The maximum Gasteiger partial charge on any atom is 0.192 e. The summed E-state index contributed by atoms with van der Waals surface area (Å²) in [6.45, 7) is 2.02. The summed E-state index contributed by atoms with van der Waals surface area (Å²) in [7, 11) is 0. The second kappa shape index (κ2) is 5.85. The molecule has 0 aliphatic heterocycles. The molecule has 2 rings (SSSR count). The predicted octanol–water partition coefficient (Wildman–Crippen LogP) is 4.31. The molecule has 1 aromatic rings. The van der Waals surface area contributed by atoms with Gasteiger partial charge in [-0.15, -0.1) is 0 Å². The molecule has 0 spiro atoms. The largest absolute Gasteiger partial charge is 0.469 e. The highest BCUT2D eigenvalue weighted by molar-refractivity contribution is 6.09. The number of ketones is 1. The average molecular weight is 232 g/mol. The van der Waals surface area contributed by atoms with Crippen LogP contribution in [0.3, 0.4) is 0 Å². The zero-order chi connectivity index (χ0) is 12.1. The average Bonchev–Trinajstić information content (AvgIpc) is 2.75. The third-order valence-corrected chi connectivity index (χ3v) is 3.39. The van der Waals surface area contributed by atoms with Gasteiger partial charge in [-0.1, -0.05) is 25.8 Å². The number of carbonyl (C=O) groups is 1. The van der Waals surface area contributed by atoms with Gasteiger partial charge in [0.1, 0.15) is 5.76 Å². The summed E-state index contributed by atoms with van der Waals surface area (Å²) >= 11 is 0. The Kier molecular flexibility index (Phi) is 4.18.